The molecule has 23 heavy (non-hydrogen) atoms. The van der Waals surface area contributed by atoms with Crippen LogP contribution in [0.3, 0.4) is 0 Å². The van der Waals surface area contributed by atoms with Gasteiger partial charge in [-0.05, 0) is 42.5 Å². The van der Waals surface area contributed by atoms with E-state index in [2.05, 4.69) is 5.32 Å². The number of rotatable bonds is 4. The highest BCUT2D eigenvalue weighted by Crippen LogP contribution is 2.20. The Balaban J connectivity index is 2.19. The summed E-state index contributed by atoms with van der Waals surface area (Å²) >= 11 is 5.65. The zero-order valence-electron chi connectivity index (χ0n) is 12.4. The average Bonchev–Trinajstić information content (AvgIpc) is 2.51. The van der Waals surface area contributed by atoms with Crippen LogP contribution in [0.1, 0.15) is 10.4 Å². The molecular weight excluding hydrogens is 343 g/mol. The molecular formula is C15H14ClFN2O3S. The third kappa shape index (κ3) is 3.87. The summed E-state index contributed by atoms with van der Waals surface area (Å²) < 4.78 is 38.1. The molecule has 0 bridgehead atoms. The van der Waals surface area contributed by atoms with E-state index in [-0.39, 0.29) is 15.5 Å². The fourth-order valence-corrected chi connectivity index (χ4v) is 2.85. The number of halogens is 2. The molecule has 5 nitrogen and oxygen atoms in total. The maximum atomic E-state index is 13.1. The molecule has 2 rings (SSSR count). The van der Waals surface area contributed by atoms with E-state index in [1.54, 1.807) is 0 Å². The zero-order valence-corrected chi connectivity index (χ0v) is 14.0. The summed E-state index contributed by atoms with van der Waals surface area (Å²) in [4.78, 5) is 12.2. The molecule has 0 atom stereocenters. The van der Waals surface area contributed by atoms with Crippen LogP contribution in [0, 0.1) is 5.82 Å². The van der Waals surface area contributed by atoms with Crippen LogP contribution in [0.25, 0.3) is 0 Å². The lowest BCUT2D eigenvalue weighted by Crippen LogP contribution is -2.22. The predicted molar refractivity (Wildman–Crippen MR) is 86.7 cm³/mol. The van der Waals surface area contributed by atoms with Crippen LogP contribution in [0.5, 0.6) is 0 Å². The number of hydrogen-bond donors (Lipinski definition) is 1. The predicted octanol–water partition coefficient (Wildman–Crippen LogP) is 2.98. The van der Waals surface area contributed by atoms with Crippen LogP contribution in [0.2, 0.25) is 5.02 Å². The number of benzene rings is 2. The van der Waals surface area contributed by atoms with Crippen molar-refractivity contribution in [2.75, 3.05) is 19.4 Å². The summed E-state index contributed by atoms with van der Waals surface area (Å²) in [5, 5.41) is 2.46. The maximum absolute atomic E-state index is 13.1. The first-order chi connectivity index (χ1) is 10.7. The maximum Gasteiger partial charge on any atom is 0.255 e. The van der Waals surface area contributed by atoms with Gasteiger partial charge in [-0.25, -0.2) is 17.1 Å². The number of anilines is 1. The van der Waals surface area contributed by atoms with Crippen molar-refractivity contribution in [3.8, 4) is 0 Å². The molecule has 0 fully saturated rings. The number of nitrogens with zero attached hydrogens (tertiary/aromatic N) is 1. The molecule has 0 aliphatic rings. The quantitative estimate of drug-likeness (QED) is 0.915. The first-order valence-electron chi connectivity index (χ1n) is 6.51. The molecule has 1 N–H and O–H groups in total. The van der Waals surface area contributed by atoms with E-state index in [1.807, 2.05) is 0 Å². The Hall–Kier alpha value is -1.96. The van der Waals surface area contributed by atoms with Crippen molar-refractivity contribution >= 4 is 33.2 Å². The van der Waals surface area contributed by atoms with Gasteiger partial charge in [-0.1, -0.05) is 11.6 Å². The van der Waals surface area contributed by atoms with E-state index >= 15 is 0 Å². The van der Waals surface area contributed by atoms with Crippen LogP contribution in [0.4, 0.5) is 10.1 Å². The van der Waals surface area contributed by atoms with Crippen molar-refractivity contribution in [1.29, 1.82) is 0 Å². The molecule has 2 aromatic carbocycles. The van der Waals surface area contributed by atoms with E-state index in [4.69, 9.17) is 11.6 Å². The van der Waals surface area contributed by atoms with Crippen LogP contribution in [-0.2, 0) is 10.0 Å². The third-order valence-corrected chi connectivity index (χ3v) is 5.19. The number of carbonyl (C=O) groups excluding carboxylic acids is 1. The first kappa shape index (κ1) is 17.4. The Morgan fingerprint density at radius 3 is 2.26 bits per heavy atom. The fourth-order valence-electron chi connectivity index (χ4n) is 1.77. The van der Waals surface area contributed by atoms with Crippen molar-refractivity contribution in [1.82, 2.24) is 4.31 Å². The SMILES string of the molecule is CN(C)S(=O)(=O)c1ccc(C(=O)Nc2ccc(F)c(Cl)c2)cc1. The minimum Gasteiger partial charge on any atom is -0.322 e. The van der Waals surface area contributed by atoms with Crippen molar-refractivity contribution < 1.29 is 17.6 Å². The number of hydrogen-bond acceptors (Lipinski definition) is 3. The molecule has 0 saturated heterocycles. The molecule has 0 radical (unpaired) electrons. The second-order valence-corrected chi connectivity index (χ2v) is 7.45. The van der Waals surface area contributed by atoms with Gasteiger partial charge in [0.05, 0.1) is 9.92 Å². The van der Waals surface area contributed by atoms with Gasteiger partial charge in [-0.15, -0.1) is 0 Å². The van der Waals surface area contributed by atoms with Crippen LogP contribution in [-0.4, -0.2) is 32.7 Å². The van der Waals surface area contributed by atoms with E-state index < -0.39 is 21.7 Å². The highest BCUT2D eigenvalue weighted by molar-refractivity contribution is 7.89. The largest absolute Gasteiger partial charge is 0.322 e. The lowest BCUT2D eigenvalue weighted by atomic mass is 10.2. The number of amides is 1. The normalized spacial score (nSPS) is 11.5. The van der Waals surface area contributed by atoms with Crippen molar-refractivity contribution in [2.24, 2.45) is 0 Å². The molecule has 122 valence electrons. The van der Waals surface area contributed by atoms with Gasteiger partial charge in [0.15, 0.2) is 0 Å². The van der Waals surface area contributed by atoms with Crippen LogP contribution < -0.4 is 5.32 Å². The molecule has 0 saturated carbocycles. The smallest absolute Gasteiger partial charge is 0.255 e. The minimum absolute atomic E-state index is 0.0869. The van der Waals surface area contributed by atoms with Crippen molar-refractivity contribution in [2.45, 2.75) is 4.90 Å². The van der Waals surface area contributed by atoms with Gasteiger partial charge >= 0.3 is 0 Å². The van der Waals surface area contributed by atoms with Gasteiger partial charge in [0.2, 0.25) is 10.0 Å². The first-order valence-corrected chi connectivity index (χ1v) is 8.32. The summed E-state index contributed by atoms with van der Waals surface area (Å²) in [6.07, 6.45) is 0. The summed E-state index contributed by atoms with van der Waals surface area (Å²) in [5.74, 6) is -1.04. The number of nitrogens with one attached hydrogen (secondary N) is 1. The average molecular weight is 357 g/mol. The molecule has 0 heterocycles. The Morgan fingerprint density at radius 2 is 1.74 bits per heavy atom. The fraction of sp³-hybridized carbons (Fsp3) is 0.133. The molecule has 2 aromatic rings. The highest BCUT2D eigenvalue weighted by Gasteiger charge is 2.17. The second kappa shape index (κ2) is 6.66. The third-order valence-electron chi connectivity index (χ3n) is 3.07. The molecule has 0 aromatic heterocycles. The molecule has 0 spiro atoms. The zero-order chi connectivity index (χ0) is 17.2. The summed E-state index contributed by atoms with van der Waals surface area (Å²) in [6, 6.07) is 9.31. The molecule has 0 unspecified atom stereocenters. The number of carbonyl (C=O) groups is 1. The highest BCUT2D eigenvalue weighted by atomic mass is 35.5. The van der Waals surface area contributed by atoms with Crippen molar-refractivity contribution in [3.05, 3.63) is 58.9 Å². The van der Waals surface area contributed by atoms with Crippen molar-refractivity contribution in [3.63, 3.8) is 0 Å². The van der Waals surface area contributed by atoms with Gasteiger partial charge in [0.1, 0.15) is 5.82 Å². The van der Waals surface area contributed by atoms with Gasteiger partial charge in [0, 0.05) is 25.3 Å². The monoisotopic (exact) mass is 356 g/mol. The van der Waals surface area contributed by atoms with Gasteiger partial charge in [-0.3, -0.25) is 4.79 Å². The summed E-state index contributed by atoms with van der Waals surface area (Å²) in [6.45, 7) is 0. The van der Waals surface area contributed by atoms with Gasteiger partial charge in [0.25, 0.3) is 5.91 Å². The standard InChI is InChI=1S/C15H14ClFN2O3S/c1-19(2)23(21,22)12-6-3-10(4-7-12)15(20)18-11-5-8-14(17)13(16)9-11/h3-9H,1-2H3,(H,18,20). The Bertz CT molecular complexity index is 836. The van der Waals surface area contributed by atoms with E-state index in [1.165, 1.54) is 50.5 Å². The van der Waals surface area contributed by atoms with E-state index in [0.29, 0.717) is 5.69 Å². The second-order valence-electron chi connectivity index (χ2n) is 4.89. The van der Waals surface area contributed by atoms with Crippen LogP contribution >= 0.6 is 11.6 Å². The Morgan fingerprint density at radius 1 is 1.13 bits per heavy atom. The lowest BCUT2D eigenvalue weighted by Gasteiger charge is -2.11. The minimum atomic E-state index is -3.55. The topological polar surface area (TPSA) is 66.5 Å². The van der Waals surface area contributed by atoms with E-state index in [0.717, 1.165) is 10.4 Å². The molecule has 1 amide bonds. The van der Waals surface area contributed by atoms with Crippen LogP contribution in [0.15, 0.2) is 47.4 Å². The van der Waals surface area contributed by atoms with Gasteiger partial charge in [-0.2, -0.15) is 0 Å². The summed E-state index contributed by atoms with van der Waals surface area (Å²) in [5.41, 5.74) is 0.606. The molecule has 0 aliphatic carbocycles. The van der Waals surface area contributed by atoms with E-state index in [9.17, 15) is 17.6 Å². The van der Waals surface area contributed by atoms with Gasteiger partial charge < -0.3 is 5.32 Å². The Kier molecular flexibility index (Phi) is 5.03. The molecule has 0 aliphatic heterocycles. The Labute approximate surface area is 138 Å². The molecule has 8 heteroatoms. The number of sulfonamides is 1. The summed E-state index contributed by atoms with van der Waals surface area (Å²) in [7, 11) is -0.696. The lowest BCUT2D eigenvalue weighted by molar-refractivity contribution is 0.102.